The van der Waals surface area contributed by atoms with Gasteiger partial charge in [0.1, 0.15) is 30.1 Å². The number of nitrogens with zero attached hydrogens (tertiary/aromatic N) is 5. The first-order valence-electron chi connectivity index (χ1n) is 9.36. The molecule has 0 spiro atoms. The van der Waals surface area contributed by atoms with E-state index < -0.39 is 29.3 Å². The highest BCUT2D eigenvalue weighted by molar-refractivity contribution is 7.74. The summed E-state index contributed by atoms with van der Waals surface area (Å²) in [5.41, 5.74) is 2.42. The number of hydrogen-bond acceptors (Lipinski definition) is 9. The summed E-state index contributed by atoms with van der Waals surface area (Å²) in [6, 6.07) is -1.63. The van der Waals surface area contributed by atoms with Gasteiger partial charge in [0.25, 0.3) is 5.91 Å². The van der Waals surface area contributed by atoms with E-state index in [4.69, 9.17) is 4.84 Å². The Morgan fingerprint density at radius 2 is 2.31 bits per heavy atom. The third-order valence-corrected chi connectivity index (χ3v) is 5.73. The first kappa shape index (κ1) is 20.2. The van der Waals surface area contributed by atoms with E-state index in [2.05, 4.69) is 25.2 Å². The Balaban J connectivity index is 1.20. The van der Waals surface area contributed by atoms with Crippen molar-refractivity contribution < 1.29 is 27.5 Å². The molecule has 1 aromatic heterocycles. The minimum absolute atomic E-state index is 0.101. The Labute approximate surface area is 169 Å². The molecular formula is C15H22N7O6S-. The fourth-order valence-electron chi connectivity index (χ4n) is 4.11. The zero-order valence-electron chi connectivity index (χ0n) is 15.5. The van der Waals surface area contributed by atoms with Crippen LogP contribution in [0.5, 0.6) is 0 Å². The maximum absolute atomic E-state index is 12.5. The molecule has 3 amide bonds. The molecule has 0 aliphatic carbocycles. The van der Waals surface area contributed by atoms with Crippen molar-refractivity contribution in [1.82, 2.24) is 35.5 Å². The van der Waals surface area contributed by atoms with Gasteiger partial charge in [0, 0.05) is 25.7 Å². The summed E-state index contributed by atoms with van der Waals surface area (Å²) in [6.45, 7) is 2.13. The van der Waals surface area contributed by atoms with Crippen molar-refractivity contribution in [2.24, 2.45) is 5.92 Å². The summed E-state index contributed by atoms with van der Waals surface area (Å²) in [4.78, 5) is 35.4. The van der Waals surface area contributed by atoms with Crippen molar-refractivity contribution in [2.45, 2.75) is 43.9 Å². The molecule has 3 unspecified atom stereocenters. The summed E-state index contributed by atoms with van der Waals surface area (Å²) in [6.07, 6.45) is 4.93. The van der Waals surface area contributed by atoms with Crippen molar-refractivity contribution in [3.05, 3.63) is 12.7 Å². The maximum atomic E-state index is 12.5. The number of urea groups is 1. The second kappa shape index (κ2) is 8.71. The van der Waals surface area contributed by atoms with E-state index >= 15 is 0 Å². The van der Waals surface area contributed by atoms with Gasteiger partial charge in [-0.3, -0.25) is 14.3 Å². The molecule has 29 heavy (non-hydrogen) atoms. The van der Waals surface area contributed by atoms with Crippen LogP contribution in [0.15, 0.2) is 12.7 Å². The average molecular weight is 428 g/mol. The molecule has 3 fully saturated rings. The summed E-state index contributed by atoms with van der Waals surface area (Å²) in [5.74, 6) is -0.0323. The minimum atomic E-state index is -2.84. The van der Waals surface area contributed by atoms with E-state index in [0.29, 0.717) is 25.4 Å². The first-order valence-corrected chi connectivity index (χ1v) is 10.4. The topological polar surface area (TPSA) is 154 Å². The number of rotatable bonds is 8. The SMILES string of the molecule is O=C(NOC[C@@H]1C[C@H](Cn2cncn2)CN1)C1CCC2CN1C(=O)N2OS(=O)[O-]. The van der Waals surface area contributed by atoms with Crippen molar-refractivity contribution in [3.63, 3.8) is 0 Å². The Morgan fingerprint density at radius 1 is 1.45 bits per heavy atom. The number of aromatic nitrogens is 3. The Morgan fingerprint density at radius 3 is 3.07 bits per heavy atom. The van der Waals surface area contributed by atoms with Crippen LogP contribution >= 0.6 is 0 Å². The van der Waals surface area contributed by atoms with Gasteiger partial charge in [-0.05, 0) is 25.2 Å². The van der Waals surface area contributed by atoms with Gasteiger partial charge in [-0.15, -0.1) is 0 Å². The molecule has 2 N–H and O–H groups in total. The molecule has 3 aliphatic rings. The van der Waals surface area contributed by atoms with Crippen molar-refractivity contribution >= 4 is 23.3 Å². The number of fused-ring (bicyclic) bond motifs is 2. The van der Waals surface area contributed by atoms with Crippen LogP contribution in [0.4, 0.5) is 4.79 Å². The lowest BCUT2D eigenvalue weighted by Crippen LogP contribution is -2.50. The minimum Gasteiger partial charge on any atom is -0.748 e. The number of amides is 3. The summed E-state index contributed by atoms with van der Waals surface area (Å²) in [5, 5.41) is 8.26. The molecule has 13 nitrogen and oxygen atoms in total. The molecule has 5 atom stereocenters. The molecule has 0 saturated carbocycles. The fraction of sp³-hybridized carbons (Fsp3) is 0.733. The lowest BCUT2D eigenvalue weighted by molar-refractivity contribution is -0.139. The summed E-state index contributed by atoms with van der Waals surface area (Å²) < 4.78 is 27.8. The predicted molar refractivity (Wildman–Crippen MR) is 94.8 cm³/mol. The molecule has 4 heterocycles. The zero-order valence-corrected chi connectivity index (χ0v) is 16.3. The number of piperidine rings is 1. The van der Waals surface area contributed by atoms with Gasteiger partial charge in [-0.25, -0.2) is 19.5 Å². The van der Waals surface area contributed by atoms with E-state index in [1.165, 1.54) is 11.2 Å². The predicted octanol–water partition coefficient (Wildman–Crippen LogP) is -1.70. The molecule has 0 aromatic carbocycles. The maximum Gasteiger partial charge on any atom is 0.346 e. The third-order valence-electron chi connectivity index (χ3n) is 5.45. The fourth-order valence-corrected chi connectivity index (χ4v) is 4.43. The third kappa shape index (κ3) is 4.56. The number of nitrogens with one attached hydrogen (secondary N) is 2. The van der Waals surface area contributed by atoms with Crippen LogP contribution in [0.1, 0.15) is 19.3 Å². The van der Waals surface area contributed by atoms with Gasteiger partial charge >= 0.3 is 6.03 Å². The Bertz CT molecular complexity index is 764. The Kier molecular flexibility index (Phi) is 6.05. The number of carbonyl (C=O) groups is 2. The lowest BCUT2D eigenvalue weighted by Gasteiger charge is -2.29. The van der Waals surface area contributed by atoms with Crippen molar-refractivity contribution in [1.29, 1.82) is 0 Å². The number of carbonyl (C=O) groups excluding carboxylic acids is 2. The molecule has 3 saturated heterocycles. The van der Waals surface area contributed by atoms with E-state index in [0.717, 1.165) is 24.6 Å². The smallest absolute Gasteiger partial charge is 0.346 e. The number of hydroxylamine groups is 3. The summed E-state index contributed by atoms with van der Waals surface area (Å²) in [7, 11) is 0. The van der Waals surface area contributed by atoms with E-state index in [1.54, 1.807) is 11.0 Å². The van der Waals surface area contributed by atoms with Crippen molar-refractivity contribution in [2.75, 3.05) is 19.7 Å². The van der Waals surface area contributed by atoms with Crippen LogP contribution in [-0.2, 0) is 31.8 Å². The molecule has 2 bridgehead atoms. The summed E-state index contributed by atoms with van der Waals surface area (Å²) >= 11 is -2.84. The first-order chi connectivity index (χ1) is 14.0. The highest BCUT2D eigenvalue weighted by Gasteiger charge is 2.48. The van der Waals surface area contributed by atoms with Gasteiger partial charge < -0.3 is 14.8 Å². The van der Waals surface area contributed by atoms with Gasteiger partial charge in [-0.2, -0.15) is 14.4 Å². The Hall–Kier alpha value is -2.13. The normalized spacial score (nSPS) is 30.0. The quantitative estimate of drug-likeness (QED) is 0.364. The van der Waals surface area contributed by atoms with Gasteiger partial charge in [0.05, 0.1) is 12.6 Å². The molecule has 14 heteroatoms. The molecule has 1 aromatic rings. The monoisotopic (exact) mass is 428 g/mol. The van der Waals surface area contributed by atoms with Crippen LogP contribution in [0.3, 0.4) is 0 Å². The van der Waals surface area contributed by atoms with Gasteiger partial charge in [0.15, 0.2) is 0 Å². The van der Waals surface area contributed by atoms with Gasteiger partial charge in [0.2, 0.25) is 0 Å². The molecular weight excluding hydrogens is 406 g/mol. The number of hydrogen-bond donors (Lipinski definition) is 2. The molecule has 0 radical (unpaired) electrons. The van der Waals surface area contributed by atoms with E-state index in [-0.39, 0.29) is 18.6 Å². The van der Waals surface area contributed by atoms with Crippen LogP contribution in [0.2, 0.25) is 0 Å². The molecule has 4 rings (SSSR count). The second-order valence-corrected chi connectivity index (χ2v) is 7.95. The largest absolute Gasteiger partial charge is 0.748 e. The van der Waals surface area contributed by atoms with E-state index in [1.807, 2.05) is 0 Å². The second-order valence-electron chi connectivity index (χ2n) is 7.39. The standard InChI is InChI=1S/C15H23N7O6S/c23-14(13-2-1-12-6-21(13)15(24)22(12)28-29(25)26)19-27-7-11-3-10(4-17-11)5-20-9-16-8-18-20/h8-13,17H,1-7H2,(H,19,23)(H,25,26)/p-1/t10-,11-,12?,13?/m0/s1. The van der Waals surface area contributed by atoms with Crippen LogP contribution in [0.25, 0.3) is 0 Å². The zero-order chi connectivity index (χ0) is 20.4. The lowest BCUT2D eigenvalue weighted by atomic mass is 10.0. The highest BCUT2D eigenvalue weighted by atomic mass is 32.2. The molecule has 3 aliphatic heterocycles. The molecule has 160 valence electrons. The van der Waals surface area contributed by atoms with Crippen LogP contribution < -0.4 is 10.8 Å². The van der Waals surface area contributed by atoms with Crippen molar-refractivity contribution in [3.8, 4) is 0 Å². The van der Waals surface area contributed by atoms with E-state index in [9.17, 15) is 18.4 Å². The van der Waals surface area contributed by atoms with Gasteiger partial charge in [-0.1, -0.05) is 0 Å². The van der Waals surface area contributed by atoms with Crippen LogP contribution in [-0.4, -0.2) is 83.2 Å². The average Bonchev–Trinajstić information content (AvgIpc) is 3.41. The highest BCUT2D eigenvalue weighted by Crippen LogP contribution is 2.30. The van der Waals surface area contributed by atoms with Crippen LogP contribution in [0, 0.1) is 5.92 Å².